The molecular weight excluding hydrogens is 362 g/mol. The van der Waals surface area contributed by atoms with E-state index in [2.05, 4.69) is 18.1 Å². The number of aliphatic hydroxyl groups is 1. The topological polar surface area (TPSA) is 67.6 Å². The Bertz CT molecular complexity index is 779. The molecule has 0 unspecified atom stereocenters. The van der Waals surface area contributed by atoms with Crippen molar-refractivity contribution in [2.24, 2.45) is 0 Å². The van der Waals surface area contributed by atoms with Gasteiger partial charge in [0.05, 0.1) is 37.9 Å². The van der Waals surface area contributed by atoms with Crippen molar-refractivity contribution < 1.29 is 14.6 Å². The van der Waals surface area contributed by atoms with Crippen molar-refractivity contribution in [3.8, 4) is 5.75 Å². The van der Waals surface area contributed by atoms with Gasteiger partial charge in [-0.2, -0.15) is 0 Å². The largest absolute Gasteiger partial charge is 0.496 e. The van der Waals surface area contributed by atoms with Crippen LogP contribution in [0.25, 0.3) is 0 Å². The number of rotatable bonds is 11. The molecule has 0 radical (unpaired) electrons. The van der Waals surface area contributed by atoms with Crippen LogP contribution in [0.4, 0.5) is 0 Å². The predicted molar refractivity (Wildman–Crippen MR) is 108 cm³/mol. The number of aliphatic hydroxyl groups excluding tert-OH is 1. The van der Waals surface area contributed by atoms with E-state index in [1.807, 2.05) is 28.8 Å². The smallest absolute Gasteiger partial charge is 0.233 e. The monoisotopic (exact) mass is 387 g/mol. The minimum absolute atomic E-state index is 0.0165. The quantitative estimate of drug-likeness (QED) is 0.474. The number of carbonyl (C=O) groups is 1. The summed E-state index contributed by atoms with van der Waals surface area (Å²) in [6.07, 6.45) is 5.02. The number of amides is 1. The maximum atomic E-state index is 12.4. The molecule has 6 nitrogen and oxygen atoms in total. The van der Waals surface area contributed by atoms with Gasteiger partial charge in [-0.05, 0) is 6.07 Å². The van der Waals surface area contributed by atoms with Crippen LogP contribution in [-0.2, 0) is 17.9 Å². The summed E-state index contributed by atoms with van der Waals surface area (Å²) in [6.45, 7) is 8.69. The summed E-state index contributed by atoms with van der Waals surface area (Å²) in [5.41, 5.74) is 1.66. The number of hydrogen-bond acceptors (Lipinski definition) is 5. The number of methoxy groups -OCH3 is 1. The molecule has 144 valence electrons. The van der Waals surface area contributed by atoms with E-state index >= 15 is 0 Å². The van der Waals surface area contributed by atoms with Crippen LogP contribution in [-0.4, -0.2) is 51.4 Å². The van der Waals surface area contributed by atoms with Crippen LogP contribution < -0.4 is 4.74 Å². The van der Waals surface area contributed by atoms with Crippen molar-refractivity contribution in [2.45, 2.75) is 18.3 Å². The highest BCUT2D eigenvalue weighted by Crippen LogP contribution is 2.24. The number of nitrogens with zero attached hydrogens (tertiary/aromatic N) is 3. The summed E-state index contributed by atoms with van der Waals surface area (Å²) in [4.78, 5) is 18.5. The summed E-state index contributed by atoms with van der Waals surface area (Å²) >= 11 is 1.34. The standard InChI is InChI=1S/C20H25N3O3S/c1-4-10-22(11-5-2)19(25)15-27-20-21-12-17(14-24)23(20)13-16-8-6-7-9-18(16)26-3/h4-9,12,24H,1-2,10-11,13-15H2,3H3. The van der Waals surface area contributed by atoms with Gasteiger partial charge in [-0.25, -0.2) is 4.98 Å². The molecule has 0 aliphatic rings. The first-order valence-corrected chi connectivity index (χ1v) is 9.52. The Morgan fingerprint density at radius 3 is 2.67 bits per heavy atom. The van der Waals surface area contributed by atoms with Gasteiger partial charge in [-0.15, -0.1) is 13.2 Å². The molecule has 0 saturated heterocycles. The maximum Gasteiger partial charge on any atom is 0.233 e. The van der Waals surface area contributed by atoms with E-state index in [1.165, 1.54) is 11.8 Å². The normalized spacial score (nSPS) is 10.4. The Morgan fingerprint density at radius 1 is 1.33 bits per heavy atom. The number of para-hydroxylation sites is 1. The lowest BCUT2D eigenvalue weighted by Gasteiger charge is -2.19. The highest BCUT2D eigenvalue weighted by Gasteiger charge is 2.16. The molecule has 0 bridgehead atoms. The number of thioether (sulfide) groups is 1. The molecule has 0 spiro atoms. The maximum absolute atomic E-state index is 12.4. The Hall–Kier alpha value is -2.51. The number of ether oxygens (including phenoxy) is 1. The van der Waals surface area contributed by atoms with Crippen molar-refractivity contribution in [2.75, 3.05) is 26.0 Å². The van der Waals surface area contributed by atoms with E-state index in [-0.39, 0.29) is 18.3 Å². The summed E-state index contributed by atoms with van der Waals surface area (Å²) in [5.74, 6) is 0.998. The molecule has 0 aliphatic carbocycles. The lowest BCUT2D eigenvalue weighted by Crippen LogP contribution is -2.32. The van der Waals surface area contributed by atoms with Crippen molar-refractivity contribution in [3.05, 3.63) is 67.0 Å². The number of hydrogen-bond donors (Lipinski definition) is 1. The van der Waals surface area contributed by atoms with E-state index in [9.17, 15) is 9.90 Å². The summed E-state index contributed by atoms with van der Waals surface area (Å²) < 4.78 is 7.31. The van der Waals surface area contributed by atoms with E-state index < -0.39 is 0 Å². The molecule has 1 heterocycles. The second kappa shape index (κ2) is 10.6. The molecule has 2 aromatic rings. The highest BCUT2D eigenvalue weighted by molar-refractivity contribution is 7.99. The zero-order valence-corrected chi connectivity index (χ0v) is 16.3. The fourth-order valence-electron chi connectivity index (χ4n) is 2.61. The lowest BCUT2D eigenvalue weighted by atomic mass is 10.2. The molecule has 1 N–H and O–H groups in total. The molecule has 1 amide bonds. The first-order valence-electron chi connectivity index (χ1n) is 8.54. The van der Waals surface area contributed by atoms with Crippen LogP contribution in [0.15, 0.2) is 60.9 Å². The first kappa shape index (κ1) is 20.8. The van der Waals surface area contributed by atoms with Gasteiger partial charge in [0.25, 0.3) is 0 Å². The van der Waals surface area contributed by atoms with Gasteiger partial charge in [0.15, 0.2) is 5.16 Å². The van der Waals surface area contributed by atoms with Crippen molar-refractivity contribution in [3.63, 3.8) is 0 Å². The summed E-state index contributed by atoms with van der Waals surface area (Å²) in [7, 11) is 1.63. The number of imidazole rings is 1. The lowest BCUT2D eigenvalue weighted by molar-refractivity contribution is -0.127. The SMILES string of the molecule is C=CCN(CC=C)C(=O)CSc1ncc(CO)n1Cc1ccccc1OC. The predicted octanol–water partition coefficient (Wildman–Crippen LogP) is 2.73. The summed E-state index contributed by atoms with van der Waals surface area (Å²) in [6, 6.07) is 7.71. The molecule has 0 atom stereocenters. The van der Waals surface area contributed by atoms with Crippen LogP contribution in [0.5, 0.6) is 5.75 Å². The molecule has 0 fully saturated rings. The van der Waals surface area contributed by atoms with Crippen LogP contribution in [0.3, 0.4) is 0 Å². The van der Waals surface area contributed by atoms with E-state index in [4.69, 9.17) is 4.74 Å². The third kappa shape index (κ3) is 5.48. The number of carbonyl (C=O) groups excluding carboxylic acids is 1. The second-order valence-electron chi connectivity index (χ2n) is 5.75. The Balaban J connectivity index is 2.16. The molecule has 2 rings (SSSR count). The fraction of sp³-hybridized carbons (Fsp3) is 0.300. The zero-order valence-electron chi connectivity index (χ0n) is 15.5. The van der Waals surface area contributed by atoms with Crippen LogP contribution in [0, 0.1) is 0 Å². The average Bonchev–Trinajstić information content (AvgIpc) is 3.08. The first-order chi connectivity index (χ1) is 13.1. The van der Waals surface area contributed by atoms with Gasteiger partial charge < -0.3 is 19.3 Å². The van der Waals surface area contributed by atoms with E-state index in [0.29, 0.717) is 30.5 Å². The van der Waals surface area contributed by atoms with Gasteiger partial charge in [-0.3, -0.25) is 4.79 Å². The minimum Gasteiger partial charge on any atom is -0.496 e. The molecule has 0 aliphatic heterocycles. The van der Waals surface area contributed by atoms with Crippen molar-refractivity contribution >= 4 is 17.7 Å². The van der Waals surface area contributed by atoms with Gasteiger partial charge in [0, 0.05) is 18.7 Å². The fourth-order valence-corrected chi connectivity index (χ4v) is 3.51. The Kier molecular flexibility index (Phi) is 8.16. The molecule has 7 heteroatoms. The van der Waals surface area contributed by atoms with Gasteiger partial charge in [0.2, 0.25) is 5.91 Å². The molecule has 1 aromatic heterocycles. The number of aromatic nitrogens is 2. The molecular formula is C20H25N3O3S. The average molecular weight is 388 g/mol. The zero-order chi connectivity index (χ0) is 19.6. The van der Waals surface area contributed by atoms with E-state index in [1.54, 1.807) is 30.4 Å². The summed E-state index contributed by atoms with van der Waals surface area (Å²) in [5, 5.41) is 10.3. The molecule has 0 saturated carbocycles. The minimum atomic E-state index is -0.129. The Morgan fingerprint density at radius 2 is 2.04 bits per heavy atom. The highest BCUT2D eigenvalue weighted by atomic mass is 32.2. The molecule has 27 heavy (non-hydrogen) atoms. The van der Waals surface area contributed by atoms with Gasteiger partial charge in [-0.1, -0.05) is 42.1 Å². The van der Waals surface area contributed by atoms with Crippen molar-refractivity contribution in [1.82, 2.24) is 14.5 Å². The molecule has 1 aromatic carbocycles. The number of benzene rings is 1. The second-order valence-corrected chi connectivity index (χ2v) is 6.70. The third-order valence-corrected chi connectivity index (χ3v) is 4.94. The van der Waals surface area contributed by atoms with E-state index in [0.717, 1.165) is 11.3 Å². The third-order valence-electron chi connectivity index (χ3n) is 3.96. The Labute approximate surface area is 164 Å². The van der Waals surface area contributed by atoms with Gasteiger partial charge >= 0.3 is 0 Å². The van der Waals surface area contributed by atoms with Crippen LogP contribution >= 0.6 is 11.8 Å². The van der Waals surface area contributed by atoms with Crippen LogP contribution in [0.2, 0.25) is 0 Å². The van der Waals surface area contributed by atoms with Crippen LogP contribution in [0.1, 0.15) is 11.3 Å². The van der Waals surface area contributed by atoms with Crippen molar-refractivity contribution in [1.29, 1.82) is 0 Å². The van der Waals surface area contributed by atoms with Gasteiger partial charge in [0.1, 0.15) is 5.75 Å².